The minimum atomic E-state index is 0.604. The second kappa shape index (κ2) is 7.22. The molecule has 0 spiro atoms. The highest BCUT2D eigenvalue weighted by Gasteiger charge is 2.16. The molecule has 2 heterocycles. The van der Waals surface area contributed by atoms with Gasteiger partial charge < -0.3 is 9.73 Å². The van der Waals surface area contributed by atoms with Crippen molar-refractivity contribution in [3.05, 3.63) is 27.0 Å². The molecule has 20 heavy (non-hydrogen) atoms. The summed E-state index contributed by atoms with van der Waals surface area (Å²) in [5.41, 5.74) is 0.999. The SMILES string of the molecule is CCCNc1nc(-c2occc2Br)nc(CCC)c1Br. The van der Waals surface area contributed by atoms with Crippen molar-refractivity contribution in [3.63, 3.8) is 0 Å². The molecule has 0 aliphatic rings. The van der Waals surface area contributed by atoms with Gasteiger partial charge >= 0.3 is 0 Å². The Balaban J connectivity index is 2.46. The van der Waals surface area contributed by atoms with Crippen LogP contribution in [0.3, 0.4) is 0 Å². The third kappa shape index (κ3) is 3.41. The number of aromatic nitrogens is 2. The van der Waals surface area contributed by atoms with Gasteiger partial charge in [-0.2, -0.15) is 0 Å². The molecule has 0 fully saturated rings. The Morgan fingerprint density at radius 1 is 1.20 bits per heavy atom. The van der Waals surface area contributed by atoms with Crippen molar-refractivity contribution in [2.75, 3.05) is 11.9 Å². The quantitative estimate of drug-likeness (QED) is 0.735. The van der Waals surface area contributed by atoms with E-state index in [4.69, 9.17) is 4.42 Å². The van der Waals surface area contributed by atoms with E-state index >= 15 is 0 Å². The number of rotatable bonds is 6. The van der Waals surface area contributed by atoms with Crippen LogP contribution < -0.4 is 5.32 Å². The van der Waals surface area contributed by atoms with Gasteiger partial charge in [0, 0.05) is 6.54 Å². The van der Waals surface area contributed by atoms with Crippen LogP contribution in [-0.2, 0) is 6.42 Å². The highest BCUT2D eigenvalue weighted by Crippen LogP contribution is 2.31. The predicted molar refractivity (Wildman–Crippen MR) is 87.9 cm³/mol. The highest BCUT2D eigenvalue weighted by molar-refractivity contribution is 9.11. The van der Waals surface area contributed by atoms with E-state index in [1.165, 1.54) is 0 Å². The van der Waals surface area contributed by atoms with E-state index in [-0.39, 0.29) is 0 Å². The minimum Gasteiger partial charge on any atom is -0.460 e. The van der Waals surface area contributed by atoms with E-state index < -0.39 is 0 Å². The molecule has 1 N–H and O–H groups in total. The number of anilines is 1. The Bertz CT molecular complexity index is 584. The van der Waals surface area contributed by atoms with E-state index in [0.29, 0.717) is 11.6 Å². The Morgan fingerprint density at radius 2 is 2.00 bits per heavy atom. The molecule has 0 aromatic carbocycles. The molecule has 6 heteroatoms. The molecular formula is C14H17Br2N3O. The number of nitrogens with one attached hydrogen (secondary N) is 1. The molecule has 0 saturated carbocycles. The Kier molecular flexibility index (Phi) is 5.60. The molecule has 0 aliphatic carbocycles. The lowest BCUT2D eigenvalue weighted by molar-refractivity contribution is 0.575. The molecule has 0 saturated heterocycles. The third-order valence-corrected chi connectivity index (χ3v) is 4.23. The van der Waals surface area contributed by atoms with Gasteiger partial charge in [0.25, 0.3) is 0 Å². The topological polar surface area (TPSA) is 51.0 Å². The molecule has 2 aromatic heterocycles. The molecule has 0 amide bonds. The smallest absolute Gasteiger partial charge is 0.199 e. The molecular weight excluding hydrogens is 386 g/mol. The van der Waals surface area contributed by atoms with E-state index in [1.807, 2.05) is 6.07 Å². The largest absolute Gasteiger partial charge is 0.460 e. The lowest BCUT2D eigenvalue weighted by atomic mass is 10.2. The maximum absolute atomic E-state index is 5.47. The van der Waals surface area contributed by atoms with Crippen LogP contribution >= 0.6 is 31.9 Å². The predicted octanol–water partition coefficient (Wildman–Crippen LogP) is 5.04. The number of furan rings is 1. The average molecular weight is 403 g/mol. The highest BCUT2D eigenvalue weighted by atomic mass is 79.9. The fourth-order valence-electron chi connectivity index (χ4n) is 1.81. The van der Waals surface area contributed by atoms with Crippen molar-refractivity contribution in [1.29, 1.82) is 0 Å². The average Bonchev–Trinajstić information content (AvgIpc) is 2.86. The maximum atomic E-state index is 5.47. The van der Waals surface area contributed by atoms with Crippen molar-refractivity contribution in [3.8, 4) is 11.6 Å². The normalized spacial score (nSPS) is 10.8. The Hall–Kier alpha value is -0.880. The van der Waals surface area contributed by atoms with Crippen LogP contribution in [0, 0.1) is 0 Å². The van der Waals surface area contributed by atoms with Crippen molar-refractivity contribution in [2.24, 2.45) is 0 Å². The van der Waals surface area contributed by atoms with Crippen LogP contribution in [0.4, 0.5) is 5.82 Å². The van der Waals surface area contributed by atoms with Gasteiger partial charge in [-0.1, -0.05) is 20.3 Å². The van der Waals surface area contributed by atoms with Gasteiger partial charge in [0.15, 0.2) is 11.6 Å². The second-order valence-corrected chi connectivity index (χ2v) is 6.08. The first-order valence-corrected chi connectivity index (χ1v) is 8.29. The molecule has 2 aromatic rings. The minimum absolute atomic E-state index is 0.604. The molecule has 0 radical (unpaired) electrons. The van der Waals surface area contributed by atoms with Gasteiger partial charge in [0.1, 0.15) is 5.82 Å². The molecule has 0 bridgehead atoms. The standard InChI is InChI=1S/C14H17Br2N3O/c1-3-5-10-11(16)13(17-7-4-2)19-14(18-10)12-9(15)6-8-20-12/h6,8H,3-5,7H2,1-2H3,(H,17,18,19). The lowest BCUT2D eigenvalue weighted by Gasteiger charge is -2.11. The summed E-state index contributed by atoms with van der Waals surface area (Å²) in [7, 11) is 0. The van der Waals surface area contributed by atoms with Crippen LogP contribution in [0.25, 0.3) is 11.6 Å². The lowest BCUT2D eigenvalue weighted by Crippen LogP contribution is -2.07. The first-order chi connectivity index (χ1) is 9.67. The number of aryl methyl sites for hydroxylation is 1. The van der Waals surface area contributed by atoms with Gasteiger partial charge in [-0.05, 0) is 50.8 Å². The van der Waals surface area contributed by atoms with E-state index in [1.54, 1.807) is 6.26 Å². The number of halogens is 2. The first-order valence-electron chi connectivity index (χ1n) is 6.71. The fraction of sp³-hybridized carbons (Fsp3) is 0.429. The zero-order valence-corrected chi connectivity index (χ0v) is 14.7. The van der Waals surface area contributed by atoms with Gasteiger partial charge in [-0.25, -0.2) is 9.97 Å². The maximum Gasteiger partial charge on any atom is 0.199 e. The second-order valence-electron chi connectivity index (χ2n) is 4.43. The Labute approximate surface area is 135 Å². The third-order valence-electron chi connectivity index (χ3n) is 2.77. The van der Waals surface area contributed by atoms with Crippen LogP contribution in [-0.4, -0.2) is 16.5 Å². The van der Waals surface area contributed by atoms with Gasteiger partial charge in [0.05, 0.1) is 20.9 Å². The molecule has 0 aliphatic heterocycles. The van der Waals surface area contributed by atoms with Crippen LogP contribution in [0.5, 0.6) is 0 Å². The molecule has 0 atom stereocenters. The van der Waals surface area contributed by atoms with Crippen molar-refractivity contribution in [2.45, 2.75) is 33.1 Å². The monoisotopic (exact) mass is 401 g/mol. The number of hydrogen-bond donors (Lipinski definition) is 1. The van der Waals surface area contributed by atoms with E-state index in [2.05, 4.69) is 61.0 Å². The summed E-state index contributed by atoms with van der Waals surface area (Å²) in [5, 5.41) is 3.33. The van der Waals surface area contributed by atoms with Gasteiger partial charge in [-0.3, -0.25) is 0 Å². The summed E-state index contributed by atoms with van der Waals surface area (Å²) in [6.07, 6.45) is 4.60. The fourth-order valence-corrected chi connectivity index (χ4v) is 2.71. The summed E-state index contributed by atoms with van der Waals surface area (Å²) >= 11 is 7.06. The van der Waals surface area contributed by atoms with Crippen molar-refractivity contribution in [1.82, 2.24) is 9.97 Å². The molecule has 2 rings (SSSR count). The zero-order chi connectivity index (χ0) is 14.5. The van der Waals surface area contributed by atoms with Crippen molar-refractivity contribution >= 4 is 37.7 Å². The summed E-state index contributed by atoms with van der Waals surface area (Å²) in [6, 6.07) is 1.85. The van der Waals surface area contributed by atoms with Crippen LogP contribution in [0.2, 0.25) is 0 Å². The number of nitrogens with zero attached hydrogens (tertiary/aromatic N) is 2. The molecule has 0 unspecified atom stereocenters. The summed E-state index contributed by atoms with van der Waals surface area (Å²) < 4.78 is 7.28. The summed E-state index contributed by atoms with van der Waals surface area (Å²) in [6.45, 7) is 5.13. The zero-order valence-electron chi connectivity index (χ0n) is 11.5. The van der Waals surface area contributed by atoms with Gasteiger partial charge in [-0.15, -0.1) is 0 Å². The first kappa shape index (κ1) is 15.5. The van der Waals surface area contributed by atoms with Crippen LogP contribution in [0.1, 0.15) is 32.4 Å². The summed E-state index contributed by atoms with van der Waals surface area (Å²) in [4.78, 5) is 9.18. The van der Waals surface area contributed by atoms with Gasteiger partial charge in [0.2, 0.25) is 0 Å². The van der Waals surface area contributed by atoms with Crippen LogP contribution in [0.15, 0.2) is 25.7 Å². The number of hydrogen-bond acceptors (Lipinski definition) is 4. The molecule has 4 nitrogen and oxygen atoms in total. The molecule has 108 valence electrons. The Morgan fingerprint density at radius 3 is 2.60 bits per heavy atom. The summed E-state index contributed by atoms with van der Waals surface area (Å²) in [5.74, 6) is 2.09. The van der Waals surface area contributed by atoms with E-state index in [0.717, 1.165) is 46.3 Å². The van der Waals surface area contributed by atoms with Crippen molar-refractivity contribution < 1.29 is 4.42 Å². The van der Waals surface area contributed by atoms with E-state index in [9.17, 15) is 0 Å².